The highest BCUT2D eigenvalue weighted by molar-refractivity contribution is 5.69. The van der Waals surface area contributed by atoms with Crippen molar-refractivity contribution < 1.29 is 4.74 Å². The van der Waals surface area contributed by atoms with Crippen molar-refractivity contribution in [2.24, 2.45) is 5.92 Å². The lowest BCUT2D eigenvalue weighted by molar-refractivity contribution is 0.248. The predicted octanol–water partition coefficient (Wildman–Crippen LogP) is 1.79. The van der Waals surface area contributed by atoms with Crippen LogP contribution in [0.5, 0.6) is 5.88 Å². The van der Waals surface area contributed by atoms with Crippen LogP contribution in [0.2, 0.25) is 0 Å². The van der Waals surface area contributed by atoms with Gasteiger partial charge in [0.15, 0.2) is 5.65 Å². The highest BCUT2D eigenvalue weighted by Gasteiger charge is 2.12. The molecule has 0 bridgehead atoms. The number of nitrogens with zero attached hydrogens (tertiary/aromatic N) is 3. The van der Waals surface area contributed by atoms with Crippen LogP contribution < -0.4 is 10.1 Å². The van der Waals surface area contributed by atoms with Crippen molar-refractivity contribution in [1.82, 2.24) is 20.3 Å². The minimum absolute atomic E-state index is 0.636. The fourth-order valence-electron chi connectivity index (χ4n) is 2.42. The quantitative estimate of drug-likeness (QED) is 0.906. The molecule has 1 aliphatic rings. The first-order valence-corrected chi connectivity index (χ1v) is 6.83. The Morgan fingerprint density at radius 3 is 3.11 bits per heavy atom. The molecule has 0 aromatic carbocycles. The van der Waals surface area contributed by atoms with E-state index >= 15 is 0 Å². The zero-order valence-corrected chi connectivity index (χ0v) is 10.9. The third-order valence-electron chi connectivity index (χ3n) is 3.48. The molecular weight excluding hydrogens is 240 g/mol. The Morgan fingerprint density at radius 1 is 1.26 bits per heavy atom. The van der Waals surface area contributed by atoms with E-state index < -0.39 is 0 Å². The summed E-state index contributed by atoms with van der Waals surface area (Å²) < 4.78 is 5.71. The molecule has 1 fully saturated rings. The second kappa shape index (κ2) is 5.93. The highest BCUT2D eigenvalue weighted by atomic mass is 16.5. The summed E-state index contributed by atoms with van der Waals surface area (Å²) in [7, 11) is 0. The zero-order chi connectivity index (χ0) is 12.9. The van der Waals surface area contributed by atoms with Crippen molar-refractivity contribution in [2.75, 3.05) is 19.7 Å². The number of hydrogen-bond acceptors (Lipinski definition) is 5. The van der Waals surface area contributed by atoms with Crippen molar-refractivity contribution in [3.05, 3.63) is 24.5 Å². The van der Waals surface area contributed by atoms with Crippen LogP contribution in [0.4, 0.5) is 0 Å². The third-order valence-corrected chi connectivity index (χ3v) is 3.48. The van der Waals surface area contributed by atoms with Crippen LogP contribution in [0.1, 0.15) is 19.3 Å². The number of ether oxygens (including phenoxy) is 1. The molecule has 1 unspecified atom stereocenters. The molecule has 19 heavy (non-hydrogen) atoms. The van der Waals surface area contributed by atoms with Gasteiger partial charge >= 0.3 is 0 Å². The molecular formula is C14H18N4O. The number of aromatic nitrogens is 3. The van der Waals surface area contributed by atoms with Gasteiger partial charge in [-0.2, -0.15) is 4.98 Å². The van der Waals surface area contributed by atoms with Gasteiger partial charge in [-0.15, -0.1) is 0 Å². The molecule has 100 valence electrons. The maximum absolute atomic E-state index is 5.71. The van der Waals surface area contributed by atoms with Crippen molar-refractivity contribution in [1.29, 1.82) is 0 Å². The van der Waals surface area contributed by atoms with Gasteiger partial charge in [0.25, 0.3) is 0 Å². The van der Waals surface area contributed by atoms with E-state index in [1.165, 1.54) is 12.8 Å². The van der Waals surface area contributed by atoms with Crippen LogP contribution >= 0.6 is 0 Å². The van der Waals surface area contributed by atoms with Crippen LogP contribution in [-0.2, 0) is 0 Å². The highest BCUT2D eigenvalue weighted by Crippen LogP contribution is 2.16. The van der Waals surface area contributed by atoms with E-state index in [1.54, 1.807) is 12.4 Å². The zero-order valence-electron chi connectivity index (χ0n) is 10.9. The topological polar surface area (TPSA) is 59.9 Å². The van der Waals surface area contributed by atoms with Gasteiger partial charge in [0.2, 0.25) is 5.88 Å². The first-order chi connectivity index (χ1) is 9.42. The lowest BCUT2D eigenvalue weighted by atomic mass is 9.97. The molecule has 0 radical (unpaired) electrons. The monoisotopic (exact) mass is 258 g/mol. The fourth-order valence-corrected chi connectivity index (χ4v) is 2.42. The van der Waals surface area contributed by atoms with E-state index in [0.717, 1.165) is 30.9 Å². The largest absolute Gasteiger partial charge is 0.478 e. The Bertz CT molecular complexity index is 540. The summed E-state index contributed by atoms with van der Waals surface area (Å²) in [6.45, 7) is 2.98. The summed E-state index contributed by atoms with van der Waals surface area (Å²) in [6.07, 6.45) is 6.96. The summed E-state index contributed by atoms with van der Waals surface area (Å²) in [5.74, 6) is 1.37. The smallest absolute Gasteiger partial charge is 0.215 e. The van der Waals surface area contributed by atoms with E-state index in [0.29, 0.717) is 18.1 Å². The number of fused-ring (bicyclic) bond motifs is 1. The summed E-state index contributed by atoms with van der Waals surface area (Å²) in [5.41, 5.74) is 1.44. The summed E-state index contributed by atoms with van der Waals surface area (Å²) >= 11 is 0. The van der Waals surface area contributed by atoms with Gasteiger partial charge in [0.05, 0.1) is 6.61 Å². The molecule has 5 nitrogen and oxygen atoms in total. The van der Waals surface area contributed by atoms with Crippen molar-refractivity contribution in [3.63, 3.8) is 0 Å². The van der Waals surface area contributed by atoms with Gasteiger partial charge in [0, 0.05) is 18.5 Å². The van der Waals surface area contributed by atoms with E-state index in [4.69, 9.17) is 4.74 Å². The van der Waals surface area contributed by atoms with Crippen molar-refractivity contribution >= 4 is 11.2 Å². The molecule has 0 amide bonds. The number of piperidine rings is 1. The van der Waals surface area contributed by atoms with E-state index in [2.05, 4.69) is 20.3 Å². The van der Waals surface area contributed by atoms with Crippen LogP contribution in [0, 0.1) is 5.92 Å². The maximum Gasteiger partial charge on any atom is 0.215 e. The molecule has 2 aromatic heterocycles. The molecule has 0 aliphatic carbocycles. The normalized spacial score (nSPS) is 19.5. The van der Waals surface area contributed by atoms with E-state index in [1.807, 2.05) is 12.1 Å². The van der Waals surface area contributed by atoms with Gasteiger partial charge in [-0.3, -0.25) is 4.98 Å². The van der Waals surface area contributed by atoms with Crippen molar-refractivity contribution in [2.45, 2.75) is 19.3 Å². The average molecular weight is 258 g/mol. The van der Waals surface area contributed by atoms with Gasteiger partial charge in [0.1, 0.15) is 5.52 Å². The number of pyridine rings is 1. The summed E-state index contributed by atoms with van der Waals surface area (Å²) in [4.78, 5) is 12.7. The Balaban J connectivity index is 1.56. The molecule has 1 N–H and O–H groups in total. The van der Waals surface area contributed by atoms with Crippen molar-refractivity contribution in [3.8, 4) is 5.88 Å². The molecule has 1 aliphatic heterocycles. The van der Waals surface area contributed by atoms with E-state index in [-0.39, 0.29) is 0 Å². The second-order valence-electron chi connectivity index (χ2n) is 4.90. The van der Waals surface area contributed by atoms with Crippen LogP contribution in [0.25, 0.3) is 11.2 Å². The predicted molar refractivity (Wildman–Crippen MR) is 73.0 cm³/mol. The molecule has 3 heterocycles. The maximum atomic E-state index is 5.71. The minimum Gasteiger partial charge on any atom is -0.478 e. The van der Waals surface area contributed by atoms with Gasteiger partial charge < -0.3 is 10.1 Å². The Hall–Kier alpha value is -1.75. The Labute approximate surface area is 112 Å². The third kappa shape index (κ3) is 3.17. The first-order valence-electron chi connectivity index (χ1n) is 6.83. The molecule has 0 saturated carbocycles. The first kappa shape index (κ1) is 12.3. The molecule has 1 atom stereocenters. The molecule has 0 spiro atoms. The number of rotatable bonds is 4. The Kier molecular flexibility index (Phi) is 3.83. The average Bonchev–Trinajstić information content (AvgIpc) is 2.48. The van der Waals surface area contributed by atoms with Crippen LogP contribution in [0.3, 0.4) is 0 Å². The molecule has 5 heteroatoms. The SMILES string of the molecule is c1cnc2nc(OCCC3CCCNC3)ccc2n1. The van der Waals surface area contributed by atoms with Gasteiger partial charge in [-0.05, 0) is 44.3 Å². The molecule has 3 rings (SSSR count). The van der Waals surface area contributed by atoms with Gasteiger partial charge in [-0.25, -0.2) is 4.98 Å². The van der Waals surface area contributed by atoms with Crippen LogP contribution in [0.15, 0.2) is 24.5 Å². The minimum atomic E-state index is 0.636. The van der Waals surface area contributed by atoms with E-state index in [9.17, 15) is 0 Å². The lowest BCUT2D eigenvalue weighted by Gasteiger charge is -2.22. The standard InChI is InChI=1S/C14H18N4O/c1-2-11(10-15-6-1)5-9-19-13-4-3-12-14(18-13)17-8-7-16-12/h3-4,7-8,11,15H,1-2,5-6,9-10H2. The van der Waals surface area contributed by atoms with Gasteiger partial charge in [-0.1, -0.05) is 0 Å². The summed E-state index contributed by atoms with van der Waals surface area (Å²) in [5, 5.41) is 3.42. The molecule has 2 aromatic rings. The molecule has 1 saturated heterocycles. The Morgan fingerprint density at radius 2 is 2.21 bits per heavy atom. The number of nitrogens with one attached hydrogen (secondary N) is 1. The number of hydrogen-bond donors (Lipinski definition) is 1. The second-order valence-corrected chi connectivity index (χ2v) is 4.90. The fraction of sp³-hybridized carbons (Fsp3) is 0.500. The summed E-state index contributed by atoms with van der Waals surface area (Å²) in [6, 6.07) is 3.75. The lowest BCUT2D eigenvalue weighted by Crippen LogP contribution is -2.30. The van der Waals surface area contributed by atoms with Crippen LogP contribution in [-0.4, -0.2) is 34.6 Å².